The van der Waals surface area contributed by atoms with Crippen LogP contribution in [0.4, 0.5) is 4.39 Å². The van der Waals surface area contributed by atoms with Gasteiger partial charge in [-0.2, -0.15) is 0 Å². The minimum atomic E-state index is -1.21. The van der Waals surface area contributed by atoms with Gasteiger partial charge in [0.1, 0.15) is 11.2 Å². The van der Waals surface area contributed by atoms with Crippen LogP contribution in [0.15, 0.2) is 90.8 Å². The van der Waals surface area contributed by atoms with Gasteiger partial charge in [0.25, 0.3) is 0 Å². The van der Waals surface area contributed by atoms with E-state index >= 15 is 0 Å². The van der Waals surface area contributed by atoms with Crippen molar-refractivity contribution in [3.8, 4) is 0 Å². The molecule has 0 bridgehead atoms. The molecule has 25 heavy (non-hydrogen) atoms. The number of halogens is 1. The molecule has 128 valence electrons. The number of primary amides is 1. The third-order valence-electron chi connectivity index (χ3n) is 4.25. The standard InChI is InChI=1S/C22H22FNO/c1-4-18(15-12-17(3)23)22(21(24)25,19-8-6-5-7-9-19)20-13-10-16(2)11-14-20/h4-15H,3H2,1-2H3,(H2,24,25)/b15-12-,18-4+. The first kappa shape index (κ1) is 18.4. The molecule has 2 rings (SSSR count). The number of allylic oxidation sites excluding steroid dienone is 4. The monoisotopic (exact) mass is 335 g/mol. The van der Waals surface area contributed by atoms with Crippen LogP contribution < -0.4 is 5.73 Å². The molecule has 0 aliphatic rings. The average molecular weight is 335 g/mol. The Hall–Kier alpha value is -2.94. The summed E-state index contributed by atoms with van der Waals surface area (Å²) >= 11 is 0. The van der Waals surface area contributed by atoms with Crippen molar-refractivity contribution in [1.82, 2.24) is 0 Å². The van der Waals surface area contributed by atoms with Gasteiger partial charge < -0.3 is 5.73 Å². The summed E-state index contributed by atoms with van der Waals surface area (Å²) in [7, 11) is 0. The van der Waals surface area contributed by atoms with Crippen molar-refractivity contribution in [2.45, 2.75) is 19.3 Å². The molecule has 0 aliphatic carbocycles. The largest absolute Gasteiger partial charge is 0.368 e. The summed E-state index contributed by atoms with van der Waals surface area (Å²) in [6.45, 7) is 7.02. The van der Waals surface area contributed by atoms with E-state index in [1.54, 1.807) is 19.1 Å². The number of nitrogens with two attached hydrogens (primary N) is 1. The van der Waals surface area contributed by atoms with Crippen LogP contribution in [0.1, 0.15) is 23.6 Å². The maximum atomic E-state index is 13.2. The van der Waals surface area contributed by atoms with Gasteiger partial charge in [0, 0.05) is 0 Å². The number of aryl methyl sites for hydroxylation is 1. The summed E-state index contributed by atoms with van der Waals surface area (Å²) in [5, 5.41) is 0. The zero-order chi connectivity index (χ0) is 18.4. The Kier molecular flexibility index (Phi) is 5.71. The van der Waals surface area contributed by atoms with Gasteiger partial charge in [0.05, 0.1) is 0 Å². The molecule has 0 spiro atoms. The van der Waals surface area contributed by atoms with Gasteiger partial charge in [-0.25, -0.2) is 4.39 Å². The third kappa shape index (κ3) is 3.61. The lowest BCUT2D eigenvalue weighted by Crippen LogP contribution is -2.43. The molecule has 3 heteroatoms. The fourth-order valence-electron chi connectivity index (χ4n) is 3.04. The van der Waals surface area contributed by atoms with E-state index in [0.29, 0.717) is 5.57 Å². The van der Waals surface area contributed by atoms with Crippen LogP contribution in [-0.2, 0) is 10.2 Å². The summed E-state index contributed by atoms with van der Waals surface area (Å²) in [4.78, 5) is 12.8. The number of carbonyl (C=O) groups excluding carboxylic acids is 1. The van der Waals surface area contributed by atoms with Crippen molar-refractivity contribution in [3.05, 3.63) is 107 Å². The Balaban J connectivity index is 2.83. The predicted octanol–water partition coefficient (Wildman–Crippen LogP) is 4.75. The Morgan fingerprint density at radius 1 is 1.04 bits per heavy atom. The Labute approximate surface area is 148 Å². The highest BCUT2D eigenvalue weighted by atomic mass is 19.1. The molecule has 0 aromatic heterocycles. The zero-order valence-corrected chi connectivity index (χ0v) is 14.5. The molecular weight excluding hydrogens is 313 g/mol. The highest BCUT2D eigenvalue weighted by Crippen LogP contribution is 2.40. The Morgan fingerprint density at radius 3 is 2.08 bits per heavy atom. The molecule has 2 N–H and O–H groups in total. The topological polar surface area (TPSA) is 43.1 Å². The summed E-state index contributed by atoms with van der Waals surface area (Å²) in [6.07, 6.45) is 4.57. The normalized spacial score (nSPS) is 14.3. The third-order valence-corrected chi connectivity index (χ3v) is 4.25. The number of amides is 1. The Morgan fingerprint density at radius 2 is 1.60 bits per heavy atom. The fourth-order valence-corrected chi connectivity index (χ4v) is 3.04. The number of carbonyl (C=O) groups is 1. The molecular formula is C22H22FNO. The zero-order valence-electron chi connectivity index (χ0n) is 14.5. The van der Waals surface area contributed by atoms with Gasteiger partial charge in [-0.1, -0.05) is 78.9 Å². The smallest absolute Gasteiger partial charge is 0.237 e. The van der Waals surface area contributed by atoms with Crippen molar-refractivity contribution < 1.29 is 9.18 Å². The molecule has 1 amide bonds. The molecule has 2 nitrogen and oxygen atoms in total. The molecule has 0 radical (unpaired) electrons. The van der Waals surface area contributed by atoms with Gasteiger partial charge >= 0.3 is 0 Å². The van der Waals surface area contributed by atoms with E-state index in [1.807, 2.05) is 61.5 Å². The van der Waals surface area contributed by atoms with E-state index in [-0.39, 0.29) is 0 Å². The van der Waals surface area contributed by atoms with E-state index in [4.69, 9.17) is 5.73 Å². The molecule has 0 saturated heterocycles. The van der Waals surface area contributed by atoms with E-state index in [0.717, 1.165) is 16.7 Å². The first-order valence-electron chi connectivity index (χ1n) is 8.04. The van der Waals surface area contributed by atoms with Crippen molar-refractivity contribution in [2.75, 3.05) is 0 Å². The summed E-state index contributed by atoms with van der Waals surface area (Å²) in [5.41, 5.74) is 7.85. The summed E-state index contributed by atoms with van der Waals surface area (Å²) in [5.74, 6) is -1.11. The number of rotatable bonds is 6. The van der Waals surface area contributed by atoms with Crippen LogP contribution in [-0.4, -0.2) is 5.91 Å². The average Bonchev–Trinajstić information content (AvgIpc) is 2.60. The highest BCUT2D eigenvalue weighted by Gasteiger charge is 2.42. The molecule has 0 heterocycles. The second-order valence-electron chi connectivity index (χ2n) is 5.87. The highest BCUT2D eigenvalue weighted by molar-refractivity contribution is 5.95. The van der Waals surface area contributed by atoms with Gasteiger partial charge in [0.15, 0.2) is 0 Å². The summed E-state index contributed by atoms with van der Waals surface area (Å²) in [6, 6.07) is 16.9. The Bertz CT molecular complexity index is 819. The van der Waals surface area contributed by atoms with Gasteiger partial charge in [0.2, 0.25) is 5.91 Å². The van der Waals surface area contributed by atoms with Gasteiger partial charge in [-0.05, 0) is 36.6 Å². The maximum Gasteiger partial charge on any atom is 0.237 e. The van der Waals surface area contributed by atoms with Crippen LogP contribution in [0, 0.1) is 6.92 Å². The van der Waals surface area contributed by atoms with E-state index in [9.17, 15) is 9.18 Å². The van der Waals surface area contributed by atoms with E-state index in [1.165, 1.54) is 6.08 Å². The first-order valence-corrected chi connectivity index (χ1v) is 8.04. The minimum absolute atomic E-state index is 0.523. The fraction of sp³-hybridized carbons (Fsp3) is 0.136. The van der Waals surface area contributed by atoms with Crippen molar-refractivity contribution >= 4 is 5.91 Å². The number of hydrogen-bond acceptors (Lipinski definition) is 1. The molecule has 1 atom stereocenters. The van der Waals surface area contributed by atoms with Crippen LogP contribution in [0.5, 0.6) is 0 Å². The molecule has 0 aliphatic heterocycles. The second kappa shape index (κ2) is 7.75. The first-order chi connectivity index (χ1) is 11.9. The molecule has 1 unspecified atom stereocenters. The predicted molar refractivity (Wildman–Crippen MR) is 101 cm³/mol. The molecule has 2 aromatic carbocycles. The lowest BCUT2D eigenvalue weighted by molar-refractivity contribution is -0.121. The number of benzene rings is 2. The number of hydrogen-bond donors (Lipinski definition) is 1. The van der Waals surface area contributed by atoms with Crippen molar-refractivity contribution in [3.63, 3.8) is 0 Å². The lowest BCUT2D eigenvalue weighted by Gasteiger charge is -2.33. The van der Waals surface area contributed by atoms with Gasteiger partial charge in [-0.15, -0.1) is 0 Å². The lowest BCUT2D eigenvalue weighted by atomic mass is 9.68. The maximum absolute atomic E-state index is 13.2. The van der Waals surface area contributed by atoms with Crippen molar-refractivity contribution in [2.24, 2.45) is 5.73 Å². The van der Waals surface area contributed by atoms with Gasteiger partial charge in [-0.3, -0.25) is 4.79 Å². The quantitative estimate of drug-likeness (QED) is 0.761. The molecule has 0 saturated carbocycles. The van der Waals surface area contributed by atoms with Crippen LogP contribution >= 0.6 is 0 Å². The van der Waals surface area contributed by atoms with Crippen LogP contribution in [0.3, 0.4) is 0 Å². The SMILES string of the molecule is C=C(F)/C=C\C(=C/C)C(C(N)=O)(c1ccccc1)c1ccc(C)cc1. The molecule has 0 fully saturated rings. The van der Waals surface area contributed by atoms with Crippen LogP contribution in [0.2, 0.25) is 0 Å². The van der Waals surface area contributed by atoms with Crippen molar-refractivity contribution in [1.29, 1.82) is 0 Å². The second-order valence-corrected chi connectivity index (χ2v) is 5.87. The molecule has 2 aromatic rings. The minimum Gasteiger partial charge on any atom is -0.368 e. The van der Waals surface area contributed by atoms with E-state index in [2.05, 4.69) is 6.58 Å². The van der Waals surface area contributed by atoms with E-state index < -0.39 is 17.1 Å². The van der Waals surface area contributed by atoms with Crippen LogP contribution in [0.25, 0.3) is 0 Å². The summed E-state index contributed by atoms with van der Waals surface area (Å²) < 4.78 is 13.2.